The van der Waals surface area contributed by atoms with Gasteiger partial charge in [0, 0.05) is 17.6 Å². The highest BCUT2D eigenvalue weighted by Crippen LogP contribution is 2.44. The summed E-state index contributed by atoms with van der Waals surface area (Å²) in [5.41, 5.74) is 2.05. The number of benzene rings is 1. The van der Waals surface area contributed by atoms with E-state index in [1.54, 1.807) is 0 Å². The average molecular weight is 407 g/mol. The lowest BCUT2D eigenvalue weighted by Crippen LogP contribution is -2.35. The van der Waals surface area contributed by atoms with Crippen LogP contribution < -0.4 is 4.90 Å². The lowest BCUT2D eigenvalue weighted by atomic mass is 10.0. The molecule has 124 valence electrons. The molecule has 0 bridgehead atoms. The molecule has 5 nitrogen and oxygen atoms in total. The predicted octanol–water partition coefficient (Wildman–Crippen LogP) is 4.19. The van der Waals surface area contributed by atoms with Gasteiger partial charge in [0.15, 0.2) is 0 Å². The Hall–Kier alpha value is -1.88. The highest BCUT2D eigenvalue weighted by atomic mass is 79.9. The number of rotatable bonds is 4. The average Bonchev–Trinajstić information content (AvgIpc) is 2.96. The first kappa shape index (κ1) is 17.0. The number of morpholine rings is 1. The zero-order valence-corrected chi connectivity index (χ0v) is 15.2. The molecule has 1 aromatic heterocycles. The lowest BCUT2D eigenvalue weighted by Gasteiger charge is -2.28. The summed E-state index contributed by atoms with van der Waals surface area (Å²) in [5, 5.41) is 10.3. The third-order valence-electron chi connectivity index (χ3n) is 3.86. The number of carbonyl (C=O) groups is 1. The molecular formula is C17H15BrN2O3S. The fourth-order valence-electron chi connectivity index (χ4n) is 2.68. The number of nitrogens with zero attached hydrogens (tertiary/aromatic N) is 2. The molecule has 2 heterocycles. The standard InChI is InChI=1S/C17H15BrN2O3S/c1-19-14-13(10-11-2-4-12(18)5-3-11)15(17(21)22)24-16(14)20-6-8-23-9-7-20/h2-5H,6-10H2,(H,21,22). The number of hydrogen-bond donors (Lipinski definition) is 1. The Bertz CT molecular complexity index is 789. The maximum absolute atomic E-state index is 11.7. The number of ether oxygens (including phenoxy) is 1. The van der Waals surface area contributed by atoms with E-state index in [4.69, 9.17) is 11.3 Å². The maximum atomic E-state index is 11.7. The summed E-state index contributed by atoms with van der Waals surface area (Å²) in [7, 11) is 0. The van der Waals surface area contributed by atoms with Crippen molar-refractivity contribution in [1.82, 2.24) is 0 Å². The number of hydrogen-bond acceptors (Lipinski definition) is 4. The van der Waals surface area contributed by atoms with Gasteiger partial charge in [0.25, 0.3) is 0 Å². The molecule has 1 aliphatic rings. The van der Waals surface area contributed by atoms with Crippen molar-refractivity contribution in [3.8, 4) is 0 Å². The minimum Gasteiger partial charge on any atom is -0.477 e. The second-order valence-corrected chi connectivity index (χ2v) is 7.30. The van der Waals surface area contributed by atoms with Gasteiger partial charge in [-0.15, -0.1) is 11.3 Å². The summed E-state index contributed by atoms with van der Waals surface area (Å²) in [5.74, 6) is -0.975. The number of carboxylic acid groups (broad SMARTS) is 1. The molecule has 0 amide bonds. The molecule has 0 saturated carbocycles. The first-order chi connectivity index (χ1) is 11.6. The Morgan fingerprint density at radius 1 is 1.33 bits per heavy atom. The Morgan fingerprint density at radius 2 is 2.00 bits per heavy atom. The molecule has 1 fully saturated rings. The van der Waals surface area contributed by atoms with Gasteiger partial charge in [0.05, 0.1) is 24.8 Å². The third kappa shape index (κ3) is 3.46. The van der Waals surface area contributed by atoms with Crippen LogP contribution in [0.25, 0.3) is 4.85 Å². The Balaban J connectivity index is 2.02. The van der Waals surface area contributed by atoms with Crippen molar-refractivity contribution in [2.75, 3.05) is 31.2 Å². The van der Waals surface area contributed by atoms with Crippen molar-refractivity contribution in [3.63, 3.8) is 0 Å². The number of aromatic carboxylic acids is 1. The van der Waals surface area contributed by atoms with Crippen molar-refractivity contribution in [2.45, 2.75) is 6.42 Å². The molecule has 0 atom stereocenters. The van der Waals surface area contributed by atoms with Crippen LogP contribution in [0.1, 0.15) is 20.8 Å². The van der Waals surface area contributed by atoms with Gasteiger partial charge in [-0.05, 0) is 29.7 Å². The van der Waals surface area contributed by atoms with Crippen LogP contribution in [0.5, 0.6) is 0 Å². The molecule has 7 heteroatoms. The van der Waals surface area contributed by atoms with Gasteiger partial charge in [-0.2, -0.15) is 0 Å². The number of halogens is 1. The Labute approximate surface area is 152 Å². The van der Waals surface area contributed by atoms with Gasteiger partial charge in [-0.3, -0.25) is 0 Å². The van der Waals surface area contributed by atoms with E-state index in [-0.39, 0.29) is 4.88 Å². The number of carboxylic acids is 1. The molecule has 1 aromatic carbocycles. The molecule has 0 radical (unpaired) electrons. The molecule has 0 aliphatic carbocycles. The van der Waals surface area contributed by atoms with E-state index in [2.05, 4.69) is 25.7 Å². The van der Waals surface area contributed by atoms with E-state index >= 15 is 0 Å². The molecule has 1 saturated heterocycles. The van der Waals surface area contributed by atoms with Crippen molar-refractivity contribution in [1.29, 1.82) is 0 Å². The van der Waals surface area contributed by atoms with Crippen LogP contribution in [0.4, 0.5) is 10.7 Å². The minimum atomic E-state index is -0.975. The van der Waals surface area contributed by atoms with E-state index < -0.39 is 5.97 Å². The second kappa shape index (κ2) is 7.34. The molecule has 24 heavy (non-hydrogen) atoms. The summed E-state index contributed by atoms with van der Waals surface area (Å²) in [4.78, 5) is 17.7. The van der Waals surface area contributed by atoms with Crippen LogP contribution in [-0.4, -0.2) is 37.4 Å². The van der Waals surface area contributed by atoms with Crippen LogP contribution in [0.15, 0.2) is 28.7 Å². The van der Waals surface area contributed by atoms with Crippen molar-refractivity contribution >= 4 is 43.9 Å². The van der Waals surface area contributed by atoms with Gasteiger partial charge in [0.1, 0.15) is 4.88 Å². The van der Waals surface area contributed by atoms with Crippen LogP contribution in [-0.2, 0) is 11.2 Å². The number of anilines is 1. The van der Waals surface area contributed by atoms with Gasteiger partial charge < -0.3 is 14.7 Å². The van der Waals surface area contributed by atoms with Gasteiger partial charge in [-0.1, -0.05) is 28.1 Å². The SMILES string of the molecule is [C-]#[N+]c1c(N2CCOCC2)sc(C(=O)O)c1Cc1ccc(Br)cc1. The summed E-state index contributed by atoms with van der Waals surface area (Å²) in [6.45, 7) is 10.1. The summed E-state index contributed by atoms with van der Waals surface area (Å²) >= 11 is 4.59. The maximum Gasteiger partial charge on any atom is 0.344 e. The summed E-state index contributed by atoms with van der Waals surface area (Å²) < 4.78 is 6.32. The van der Waals surface area contributed by atoms with E-state index in [1.165, 1.54) is 11.3 Å². The molecular weight excluding hydrogens is 392 g/mol. The monoisotopic (exact) mass is 406 g/mol. The largest absolute Gasteiger partial charge is 0.477 e. The van der Waals surface area contributed by atoms with Crippen molar-refractivity contribution in [2.24, 2.45) is 0 Å². The van der Waals surface area contributed by atoms with Crippen LogP contribution in [0, 0.1) is 6.57 Å². The lowest BCUT2D eigenvalue weighted by molar-refractivity contribution is 0.0701. The van der Waals surface area contributed by atoms with Crippen molar-refractivity contribution < 1.29 is 14.6 Å². The summed E-state index contributed by atoms with van der Waals surface area (Å²) in [6, 6.07) is 7.72. The van der Waals surface area contributed by atoms with Crippen LogP contribution in [0.2, 0.25) is 0 Å². The Kier molecular flexibility index (Phi) is 5.19. The van der Waals surface area contributed by atoms with Crippen LogP contribution >= 0.6 is 27.3 Å². The second-order valence-electron chi connectivity index (χ2n) is 5.38. The molecule has 1 aliphatic heterocycles. The predicted molar refractivity (Wildman–Crippen MR) is 97.5 cm³/mol. The van der Waals surface area contributed by atoms with E-state index in [1.807, 2.05) is 24.3 Å². The topological polar surface area (TPSA) is 54.1 Å². The van der Waals surface area contributed by atoms with E-state index in [0.29, 0.717) is 44.0 Å². The molecule has 0 spiro atoms. The fraction of sp³-hybridized carbons (Fsp3) is 0.294. The third-order valence-corrected chi connectivity index (χ3v) is 5.66. The highest BCUT2D eigenvalue weighted by molar-refractivity contribution is 9.10. The first-order valence-corrected chi connectivity index (χ1v) is 9.04. The fourth-order valence-corrected chi connectivity index (χ4v) is 4.10. The van der Waals surface area contributed by atoms with Crippen LogP contribution in [0.3, 0.4) is 0 Å². The van der Waals surface area contributed by atoms with Crippen molar-refractivity contribution in [3.05, 3.63) is 56.2 Å². The highest BCUT2D eigenvalue weighted by Gasteiger charge is 2.26. The molecule has 2 aromatic rings. The number of thiophene rings is 1. The van der Waals surface area contributed by atoms with Gasteiger partial charge in [0.2, 0.25) is 5.69 Å². The normalized spacial score (nSPS) is 14.4. The van der Waals surface area contributed by atoms with Gasteiger partial charge >= 0.3 is 5.97 Å². The van der Waals surface area contributed by atoms with E-state index in [9.17, 15) is 9.90 Å². The quantitative estimate of drug-likeness (QED) is 0.773. The zero-order chi connectivity index (χ0) is 17.1. The molecule has 0 unspecified atom stereocenters. The summed E-state index contributed by atoms with van der Waals surface area (Å²) in [6.07, 6.45) is 0.438. The van der Waals surface area contributed by atoms with Gasteiger partial charge in [-0.25, -0.2) is 9.64 Å². The smallest absolute Gasteiger partial charge is 0.344 e. The molecule has 1 N–H and O–H groups in total. The minimum absolute atomic E-state index is 0.255. The first-order valence-electron chi connectivity index (χ1n) is 7.43. The zero-order valence-electron chi connectivity index (χ0n) is 12.8. The molecule has 3 rings (SSSR count). The Morgan fingerprint density at radius 3 is 2.58 bits per heavy atom. The van der Waals surface area contributed by atoms with E-state index in [0.717, 1.165) is 15.0 Å².